The molecule has 0 heterocycles. The number of nitrogens with two attached hydrogens (primary N) is 1. The van der Waals surface area contributed by atoms with E-state index in [4.69, 9.17) is 5.73 Å². The average Bonchev–Trinajstić information content (AvgIpc) is 1.65. The summed E-state index contributed by atoms with van der Waals surface area (Å²) in [6, 6.07) is 0. The Labute approximate surface area is 50.1 Å². The molecule has 0 saturated heterocycles. The number of hydrogen-bond donors (Lipinski definition) is 2. The van der Waals surface area contributed by atoms with Crippen LogP contribution in [0.15, 0.2) is 17.1 Å². The highest BCUT2D eigenvalue weighted by atomic mass is 14.8. The molecular weight excluding hydrogens is 100 g/mol. The first-order valence-corrected chi connectivity index (χ1v) is 2.54. The van der Waals surface area contributed by atoms with Crippen LogP contribution in [0.5, 0.6) is 0 Å². The maximum absolute atomic E-state index is 5.31. The van der Waals surface area contributed by atoms with Gasteiger partial charge in [-0.25, -0.2) is 0 Å². The van der Waals surface area contributed by atoms with Crippen molar-refractivity contribution in [2.45, 2.75) is 13.8 Å². The summed E-state index contributed by atoms with van der Waals surface area (Å²) in [4.78, 5) is 0. The largest absolute Gasteiger partial charge is 0.396 e. The third-order valence-corrected chi connectivity index (χ3v) is 0.760. The molecule has 0 unspecified atom stereocenters. The molecule has 8 heavy (non-hydrogen) atoms. The molecule has 0 aliphatic carbocycles. The third kappa shape index (κ3) is 3.32. The normalized spacial score (nSPS) is 7.38. The van der Waals surface area contributed by atoms with Gasteiger partial charge in [0, 0.05) is 12.7 Å². The first-order valence-electron chi connectivity index (χ1n) is 2.54. The van der Waals surface area contributed by atoms with Crippen LogP contribution in [0.3, 0.4) is 0 Å². The van der Waals surface area contributed by atoms with E-state index in [1.807, 2.05) is 14.0 Å². The number of allylic oxidation sites excluding steroid dienone is 1. The summed E-state index contributed by atoms with van der Waals surface area (Å²) in [7, 11) is 1.84. The van der Waals surface area contributed by atoms with Gasteiger partial charge in [0.15, 0.2) is 0 Å². The van der Waals surface area contributed by atoms with Crippen molar-refractivity contribution in [1.29, 1.82) is 0 Å². The lowest BCUT2D eigenvalue weighted by Crippen LogP contribution is -2.01. The fraction of sp³-hybridized carbons (Fsp3) is 0.500. The highest BCUT2D eigenvalue weighted by Crippen LogP contribution is 1.80. The minimum Gasteiger partial charge on any atom is -0.396 e. The average molecular weight is 112 g/mol. The van der Waals surface area contributed by atoms with E-state index in [-0.39, 0.29) is 0 Å². The third-order valence-electron chi connectivity index (χ3n) is 0.760. The second-order valence-corrected chi connectivity index (χ2v) is 1.68. The van der Waals surface area contributed by atoms with Gasteiger partial charge in [0.05, 0.1) is 5.70 Å². The van der Waals surface area contributed by atoms with Crippen LogP contribution in [0.2, 0.25) is 0 Å². The Morgan fingerprint density at radius 2 is 2.00 bits per heavy atom. The van der Waals surface area contributed by atoms with Crippen LogP contribution in [0.25, 0.3) is 0 Å². The predicted octanol–water partition coefficient (Wildman–Crippen LogP) is 0.571. The Morgan fingerprint density at radius 3 is 2.12 bits per heavy atom. The molecule has 0 radical (unpaired) electrons. The molecule has 0 amide bonds. The highest BCUT2D eigenvalue weighted by Gasteiger charge is 1.74. The van der Waals surface area contributed by atoms with Crippen LogP contribution in [-0.4, -0.2) is 7.05 Å². The van der Waals surface area contributed by atoms with Crippen molar-refractivity contribution in [3.8, 4) is 0 Å². The lowest BCUT2D eigenvalue weighted by atomic mass is 10.4. The van der Waals surface area contributed by atoms with Crippen LogP contribution >= 0.6 is 0 Å². The summed E-state index contributed by atoms with van der Waals surface area (Å²) in [6.07, 6.45) is 0. The van der Waals surface area contributed by atoms with Gasteiger partial charge in [-0.2, -0.15) is 0 Å². The smallest absolute Gasteiger partial charge is 0.0521 e. The fourth-order valence-electron chi connectivity index (χ4n) is 0.358. The van der Waals surface area contributed by atoms with E-state index in [1.54, 1.807) is 6.92 Å². The monoisotopic (exact) mass is 112 g/mol. The van der Waals surface area contributed by atoms with Gasteiger partial charge in [-0.15, -0.1) is 0 Å². The van der Waals surface area contributed by atoms with Gasteiger partial charge in [0.25, 0.3) is 0 Å². The van der Waals surface area contributed by atoms with E-state index in [0.717, 1.165) is 5.70 Å². The maximum atomic E-state index is 5.31. The molecular formula is C6H12N2. The van der Waals surface area contributed by atoms with Crippen LogP contribution in [0.1, 0.15) is 13.8 Å². The van der Waals surface area contributed by atoms with E-state index < -0.39 is 0 Å². The minimum atomic E-state index is 0.705. The van der Waals surface area contributed by atoms with Gasteiger partial charge < -0.3 is 11.1 Å². The van der Waals surface area contributed by atoms with Gasteiger partial charge in [-0.05, 0) is 13.8 Å². The Morgan fingerprint density at radius 1 is 1.50 bits per heavy atom. The molecule has 2 nitrogen and oxygen atoms in total. The zero-order valence-electron chi connectivity index (χ0n) is 5.58. The molecule has 2 heteroatoms. The lowest BCUT2D eigenvalue weighted by molar-refractivity contribution is 0.990. The lowest BCUT2D eigenvalue weighted by Gasteiger charge is -1.91. The Balaban J connectivity index is 4.13. The molecule has 0 fully saturated rings. The van der Waals surface area contributed by atoms with E-state index in [1.165, 1.54) is 0 Å². The van der Waals surface area contributed by atoms with Crippen molar-refractivity contribution in [2.24, 2.45) is 5.73 Å². The second-order valence-electron chi connectivity index (χ2n) is 1.68. The zero-order valence-corrected chi connectivity index (χ0v) is 5.58. The molecule has 0 aromatic carbocycles. The van der Waals surface area contributed by atoms with Gasteiger partial charge in [-0.1, -0.05) is 5.73 Å². The van der Waals surface area contributed by atoms with Gasteiger partial charge >= 0.3 is 0 Å². The van der Waals surface area contributed by atoms with Crippen molar-refractivity contribution < 1.29 is 0 Å². The molecule has 0 spiro atoms. The molecule has 0 atom stereocenters. The van der Waals surface area contributed by atoms with E-state index in [0.29, 0.717) is 5.70 Å². The number of hydrogen-bond acceptors (Lipinski definition) is 2. The van der Waals surface area contributed by atoms with Crippen molar-refractivity contribution in [2.75, 3.05) is 7.05 Å². The maximum Gasteiger partial charge on any atom is 0.0521 e. The summed E-state index contributed by atoms with van der Waals surface area (Å²) in [5, 5.41) is 2.90. The van der Waals surface area contributed by atoms with Gasteiger partial charge in [-0.3, -0.25) is 0 Å². The van der Waals surface area contributed by atoms with Crippen LogP contribution in [0, 0.1) is 0 Å². The van der Waals surface area contributed by atoms with Crippen molar-refractivity contribution >= 4 is 0 Å². The molecule has 46 valence electrons. The molecule has 3 N–H and O–H groups in total. The molecule has 0 saturated carbocycles. The molecule has 0 aromatic rings. The van der Waals surface area contributed by atoms with E-state index in [2.05, 4.69) is 11.0 Å². The first-order chi connectivity index (χ1) is 3.66. The molecule has 0 bridgehead atoms. The van der Waals surface area contributed by atoms with Crippen LogP contribution in [0.4, 0.5) is 0 Å². The number of rotatable bonds is 1. The minimum absolute atomic E-state index is 0.705. The number of nitrogens with one attached hydrogen (secondary N) is 1. The standard InChI is InChI=1S/C6H12N2/c1-5(7)4-6(2)8-3/h8H,7H2,1-3H3. The molecule has 0 aliphatic rings. The van der Waals surface area contributed by atoms with Crippen LogP contribution < -0.4 is 11.1 Å². The second kappa shape index (κ2) is 3.16. The van der Waals surface area contributed by atoms with E-state index >= 15 is 0 Å². The van der Waals surface area contributed by atoms with Crippen molar-refractivity contribution in [3.05, 3.63) is 17.1 Å². The summed E-state index contributed by atoms with van der Waals surface area (Å²) >= 11 is 0. The topological polar surface area (TPSA) is 38.0 Å². The van der Waals surface area contributed by atoms with Crippen molar-refractivity contribution in [1.82, 2.24) is 5.32 Å². The Bertz CT molecular complexity index is 125. The summed E-state index contributed by atoms with van der Waals surface area (Å²) in [5.74, 6) is 0. The predicted molar refractivity (Wildman–Crippen MR) is 35.1 cm³/mol. The van der Waals surface area contributed by atoms with Gasteiger partial charge in [0.1, 0.15) is 0 Å². The first kappa shape index (κ1) is 7.12. The van der Waals surface area contributed by atoms with Crippen LogP contribution in [-0.2, 0) is 0 Å². The summed E-state index contributed by atoms with van der Waals surface area (Å²) in [5.41, 5.74) is 9.87. The van der Waals surface area contributed by atoms with Gasteiger partial charge in [0.2, 0.25) is 0 Å². The fourth-order valence-corrected chi connectivity index (χ4v) is 0.358. The molecule has 0 rings (SSSR count). The Hall–Kier alpha value is -0.880. The molecule has 0 aliphatic heterocycles. The Kier molecular flexibility index (Phi) is 2.82. The summed E-state index contributed by atoms with van der Waals surface area (Å²) < 4.78 is 0. The summed E-state index contributed by atoms with van der Waals surface area (Å²) in [6.45, 7) is 3.72. The molecule has 0 aromatic heterocycles. The zero-order chi connectivity index (χ0) is 6.57. The van der Waals surface area contributed by atoms with E-state index in [9.17, 15) is 0 Å². The SMILES string of the molecule is CNC(C)=C=C(C)N. The van der Waals surface area contributed by atoms with Crippen molar-refractivity contribution in [3.63, 3.8) is 0 Å². The highest BCUT2D eigenvalue weighted by molar-refractivity contribution is 4.99. The quantitative estimate of drug-likeness (QED) is 0.487.